The van der Waals surface area contributed by atoms with Gasteiger partial charge < -0.3 is 9.64 Å². The van der Waals surface area contributed by atoms with Crippen LogP contribution < -0.4 is 9.64 Å². The number of benzene rings is 1. The topological polar surface area (TPSA) is 30.7 Å². The van der Waals surface area contributed by atoms with Crippen LogP contribution in [0, 0.1) is 5.92 Å². The van der Waals surface area contributed by atoms with Gasteiger partial charge >= 0.3 is 0 Å². The number of carbonyl (C=O) groups excluding carboxylic acids is 1. The highest BCUT2D eigenvalue weighted by Gasteiger charge is 2.18. The van der Waals surface area contributed by atoms with E-state index in [1.165, 1.54) is 38.9 Å². The smallest absolute Gasteiger partial charge is 0.150 e. The molecule has 1 saturated heterocycles. The van der Waals surface area contributed by atoms with Crippen LogP contribution >= 0.6 is 0 Å². The summed E-state index contributed by atoms with van der Waals surface area (Å²) in [6.07, 6.45) is 5.94. The number of nitrogens with one attached hydrogen (secondary N) is 1. The lowest BCUT2D eigenvalue weighted by Gasteiger charge is -2.27. The van der Waals surface area contributed by atoms with Gasteiger partial charge in [-0.1, -0.05) is 19.1 Å². The fourth-order valence-corrected chi connectivity index (χ4v) is 2.97. The average Bonchev–Trinajstić information content (AvgIpc) is 2.47. The lowest BCUT2D eigenvalue weighted by atomic mass is 10.0. The number of rotatable bonds is 7. The zero-order valence-electron chi connectivity index (χ0n) is 12.4. The first kappa shape index (κ1) is 15.0. The van der Waals surface area contributed by atoms with Gasteiger partial charge in [0.2, 0.25) is 0 Å². The van der Waals surface area contributed by atoms with Crippen molar-refractivity contribution in [2.75, 3.05) is 26.2 Å². The number of ether oxygens (including phenoxy) is 1. The molecule has 1 heterocycles. The molecule has 1 aliphatic rings. The number of piperidine rings is 1. The van der Waals surface area contributed by atoms with Gasteiger partial charge in [-0.3, -0.25) is 4.79 Å². The van der Waals surface area contributed by atoms with E-state index in [0.29, 0.717) is 5.56 Å². The summed E-state index contributed by atoms with van der Waals surface area (Å²) >= 11 is 0. The molecule has 1 aromatic rings. The maximum atomic E-state index is 10.7. The third-order valence-electron chi connectivity index (χ3n) is 4.05. The van der Waals surface area contributed by atoms with Crippen LogP contribution in [0.4, 0.5) is 0 Å². The van der Waals surface area contributed by atoms with Crippen molar-refractivity contribution < 1.29 is 14.4 Å². The van der Waals surface area contributed by atoms with E-state index in [9.17, 15) is 4.79 Å². The van der Waals surface area contributed by atoms with E-state index in [1.54, 1.807) is 17.0 Å². The molecule has 0 bridgehead atoms. The Morgan fingerprint density at radius 1 is 1.40 bits per heavy atom. The number of likely N-dealkylation sites (tertiary alicyclic amines) is 1. The lowest BCUT2D eigenvalue weighted by molar-refractivity contribution is -0.908. The molecule has 20 heavy (non-hydrogen) atoms. The van der Waals surface area contributed by atoms with Crippen molar-refractivity contribution in [3.8, 4) is 5.75 Å². The molecule has 110 valence electrons. The molecule has 0 aliphatic carbocycles. The second-order valence-corrected chi connectivity index (χ2v) is 5.95. The molecule has 1 aromatic carbocycles. The van der Waals surface area contributed by atoms with E-state index in [1.807, 2.05) is 12.1 Å². The van der Waals surface area contributed by atoms with Crippen molar-refractivity contribution in [3.05, 3.63) is 29.8 Å². The Morgan fingerprint density at radius 2 is 2.30 bits per heavy atom. The highest BCUT2D eigenvalue weighted by atomic mass is 16.5. The van der Waals surface area contributed by atoms with Crippen molar-refractivity contribution in [2.45, 2.75) is 32.6 Å². The van der Waals surface area contributed by atoms with Crippen LogP contribution in [0.15, 0.2) is 24.3 Å². The summed E-state index contributed by atoms with van der Waals surface area (Å²) in [5.74, 6) is 1.69. The minimum absolute atomic E-state index is 0.675. The van der Waals surface area contributed by atoms with E-state index in [4.69, 9.17) is 4.74 Å². The van der Waals surface area contributed by atoms with Crippen LogP contribution in [-0.4, -0.2) is 32.5 Å². The second-order valence-electron chi connectivity index (χ2n) is 5.95. The van der Waals surface area contributed by atoms with Crippen molar-refractivity contribution in [2.24, 2.45) is 5.92 Å². The van der Waals surface area contributed by atoms with Crippen molar-refractivity contribution >= 4 is 6.29 Å². The van der Waals surface area contributed by atoms with Gasteiger partial charge in [0, 0.05) is 11.5 Å². The first-order valence-electron chi connectivity index (χ1n) is 7.79. The highest BCUT2D eigenvalue weighted by molar-refractivity contribution is 5.75. The Balaban J connectivity index is 1.60. The molecule has 2 rings (SSSR count). The van der Waals surface area contributed by atoms with Gasteiger partial charge in [0.25, 0.3) is 0 Å². The first-order valence-corrected chi connectivity index (χ1v) is 7.79. The number of hydrogen-bond acceptors (Lipinski definition) is 2. The number of hydrogen-bond donors (Lipinski definition) is 1. The number of carbonyl (C=O) groups is 1. The van der Waals surface area contributed by atoms with Gasteiger partial charge in [0.15, 0.2) is 0 Å². The van der Waals surface area contributed by atoms with E-state index >= 15 is 0 Å². The van der Waals surface area contributed by atoms with Crippen LogP contribution in [-0.2, 0) is 0 Å². The maximum absolute atomic E-state index is 10.7. The SMILES string of the molecule is C[C@H]1CCC[NH+](CCCCOc2cccc(C=O)c2)C1. The zero-order chi connectivity index (χ0) is 14.2. The molecule has 1 unspecified atom stereocenters. The summed E-state index contributed by atoms with van der Waals surface area (Å²) < 4.78 is 5.69. The van der Waals surface area contributed by atoms with Crippen LogP contribution in [0.1, 0.15) is 43.0 Å². The van der Waals surface area contributed by atoms with Crippen molar-refractivity contribution in [1.82, 2.24) is 0 Å². The maximum Gasteiger partial charge on any atom is 0.150 e. The van der Waals surface area contributed by atoms with E-state index < -0.39 is 0 Å². The van der Waals surface area contributed by atoms with E-state index in [-0.39, 0.29) is 0 Å². The summed E-state index contributed by atoms with van der Waals surface area (Å²) in [5.41, 5.74) is 0.675. The molecule has 0 saturated carbocycles. The van der Waals surface area contributed by atoms with Crippen LogP contribution in [0.3, 0.4) is 0 Å². The fourth-order valence-electron chi connectivity index (χ4n) is 2.97. The normalized spacial score (nSPS) is 22.4. The molecule has 1 N–H and O–H groups in total. The molecule has 1 aliphatic heterocycles. The standard InChI is InChI=1S/C17H25NO2/c1-15-6-5-10-18(13-15)9-2-3-11-20-17-8-4-7-16(12-17)14-19/h4,7-8,12,14-15H,2-3,5-6,9-11,13H2,1H3/p+1/t15-/m0/s1. The molecule has 0 aromatic heterocycles. The summed E-state index contributed by atoms with van der Waals surface area (Å²) in [4.78, 5) is 12.4. The van der Waals surface area contributed by atoms with Gasteiger partial charge in [-0.15, -0.1) is 0 Å². The highest BCUT2D eigenvalue weighted by Crippen LogP contribution is 2.12. The van der Waals surface area contributed by atoms with Gasteiger partial charge in [0.05, 0.1) is 26.2 Å². The van der Waals surface area contributed by atoms with Gasteiger partial charge in [0.1, 0.15) is 12.0 Å². The number of quaternary nitrogens is 1. The predicted octanol–water partition coefficient (Wildman–Crippen LogP) is 1.97. The zero-order valence-corrected chi connectivity index (χ0v) is 12.4. The van der Waals surface area contributed by atoms with Gasteiger partial charge in [-0.2, -0.15) is 0 Å². The Morgan fingerprint density at radius 3 is 3.10 bits per heavy atom. The molecular weight excluding hydrogens is 250 g/mol. The Bertz CT molecular complexity index is 419. The number of unbranched alkanes of at least 4 members (excludes halogenated alkanes) is 1. The van der Waals surface area contributed by atoms with Crippen LogP contribution in [0.25, 0.3) is 0 Å². The molecular formula is C17H26NO2+. The predicted molar refractivity (Wildman–Crippen MR) is 80.5 cm³/mol. The third-order valence-corrected chi connectivity index (χ3v) is 4.05. The minimum Gasteiger partial charge on any atom is -0.494 e. The Labute approximate surface area is 121 Å². The molecule has 3 nitrogen and oxygen atoms in total. The largest absolute Gasteiger partial charge is 0.494 e. The first-order chi connectivity index (χ1) is 9.78. The monoisotopic (exact) mass is 276 g/mol. The fraction of sp³-hybridized carbons (Fsp3) is 0.588. The Hall–Kier alpha value is -1.35. The van der Waals surface area contributed by atoms with E-state index in [2.05, 4.69) is 6.92 Å². The summed E-state index contributed by atoms with van der Waals surface area (Å²) in [5, 5.41) is 0. The van der Waals surface area contributed by atoms with Gasteiger partial charge in [-0.05, 0) is 37.8 Å². The molecule has 1 fully saturated rings. The lowest BCUT2D eigenvalue weighted by Crippen LogP contribution is -3.13. The van der Waals surface area contributed by atoms with Crippen LogP contribution in [0.2, 0.25) is 0 Å². The second kappa shape index (κ2) is 8.05. The molecule has 3 heteroatoms. The molecule has 0 spiro atoms. The van der Waals surface area contributed by atoms with Gasteiger partial charge in [-0.25, -0.2) is 0 Å². The Kier molecular flexibility index (Phi) is 6.06. The number of aldehydes is 1. The molecule has 0 amide bonds. The molecule has 0 radical (unpaired) electrons. The third kappa shape index (κ3) is 4.97. The quantitative estimate of drug-likeness (QED) is 0.610. The van der Waals surface area contributed by atoms with E-state index in [0.717, 1.165) is 31.0 Å². The van der Waals surface area contributed by atoms with Crippen molar-refractivity contribution in [3.63, 3.8) is 0 Å². The summed E-state index contributed by atoms with van der Waals surface area (Å²) in [7, 11) is 0. The average molecular weight is 276 g/mol. The van der Waals surface area contributed by atoms with Crippen molar-refractivity contribution in [1.29, 1.82) is 0 Å². The minimum atomic E-state index is 0.675. The molecule has 2 atom stereocenters. The summed E-state index contributed by atoms with van der Waals surface area (Å²) in [6, 6.07) is 7.36. The summed E-state index contributed by atoms with van der Waals surface area (Å²) in [6.45, 7) is 7.05. The van der Waals surface area contributed by atoms with Crippen LogP contribution in [0.5, 0.6) is 5.75 Å².